The zero-order valence-electron chi connectivity index (χ0n) is 10.1. The van der Waals surface area contributed by atoms with Crippen molar-refractivity contribution >= 4 is 33.0 Å². The van der Waals surface area contributed by atoms with Crippen molar-refractivity contribution in [2.45, 2.75) is 11.8 Å². The average Bonchev–Trinajstić information content (AvgIpc) is 2.85. The minimum Gasteiger partial charge on any atom is -0.207 e. The largest absolute Gasteiger partial charge is 0.207 e. The molecule has 0 aliphatic carbocycles. The maximum atomic E-state index is 13.6. The van der Waals surface area contributed by atoms with Crippen LogP contribution in [-0.2, 0) is 6.42 Å². The zero-order valence-corrected chi connectivity index (χ0v) is 11.7. The smallest absolute Gasteiger partial charge is 0.126 e. The Hall–Kier alpha value is -1.38. The lowest BCUT2D eigenvalue weighted by molar-refractivity contribution is 0.607. The topological polar surface area (TPSA) is 0 Å². The second kappa shape index (κ2) is 5.32. The molecule has 0 aliphatic rings. The predicted octanol–water partition coefficient (Wildman–Crippen LogP) is 5.56. The van der Waals surface area contributed by atoms with E-state index in [9.17, 15) is 4.39 Å². The minimum atomic E-state index is -0.201. The van der Waals surface area contributed by atoms with E-state index in [-0.39, 0.29) is 11.2 Å². The van der Waals surface area contributed by atoms with Crippen LogP contribution in [0.25, 0.3) is 10.1 Å². The Bertz CT molecular complexity index is 705. The molecule has 0 fully saturated rings. The highest BCUT2D eigenvalue weighted by atomic mass is 35.5. The van der Waals surface area contributed by atoms with Gasteiger partial charge in [-0.05, 0) is 40.4 Å². The van der Waals surface area contributed by atoms with Gasteiger partial charge in [0.15, 0.2) is 0 Å². The Kier molecular flexibility index (Phi) is 3.54. The molecule has 96 valence electrons. The van der Waals surface area contributed by atoms with Crippen molar-refractivity contribution in [1.29, 1.82) is 0 Å². The van der Waals surface area contributed by atoms with Crippen LogP contribution in [-0.4, -0.2) is 0 Å². The van der Waals surface area contributed by atoms with Gasteiger partial charge in [-0.25, -0.2) is 4.39 Å². The Balaban J connectivity index is 1.92. The number of fused-ring (bicyclic) bond motifs is 1. The third kappa shape index (κ3) is 2.51. The van der Waals surface area contributed by atoms with Crippen LogP contribution in [0.3, 0.4) is 0 Å². The van der Waals surface area contributed by atoms with Crippen LogP contribution in [0.2, 0.25) is 0 Å². The number of thiophene rings is 1. The van der Waals surface area contributed by atoms with E-state index < -0.39 is 0 Å². The Morgan fingerprint density at radius 2 is 1.79 bits per heavy atom. The number of hydrogen-bond donors (Lipinski definition) is 0. The van der Waals surface area contributed by atoms with Crippen LogP contribution in [0.4, 0.5) is 4.39 Å². The Morgan fingerprint density at radius 3 is 2.63 bits per heavy atom. The van der Waals surface area contributed by atoms with Gasteiger partial charge in [-0.15, -0.1) is 22.9 Å². The highest BCUT2D eigenvalue weighted by Crippen LogP contribution is 2.35. The lowest BCUT2D eigenvalue weighted by atomic mass is 10.0. The van der Waals surface area contributed by atoms with Crippen molar-refractivity contribution in [2.24, 2.45) is 0 Å². The monoisotopic (exact) mass is 290 g/mol. The van der Waals surface area contributed by atoms with Crippen molar-refractivity contribution in [3.05, 3.63) is 70.9 Å². The first-order valence-electron chi connectivity index (χ1n) is 6.09. The van der Waals surface area contributed by atoms with Gasteiger partial charge in [-0.3, -0.25) is 0 Å². The van der Waals surface area contributed by atoms with Gasteiger partial charge in [-0.2, -0.15) is 0 Å². The van der Waals surface area contributed by atoms with E-state index in [1.807, 2.05) is 18.2 Å². The van der Waals surface area contributed by atoms with Gasteiger partial charge >= 0.3 is 0 Å². The summed E-state index contributed by atoms with van der Waals surface area (Å²) in [6.07, 6.45) is 0.509. The van der Waals surface area contributed by atoms with Crippen molar-refractivity contribution in [3.63, 3.8) is 0 Å². The number of hydrogen-bond acceptors (Lipinski definition) is 1. The molecule has 0 amide bonds. The molecular formula is C16H12ClFS. The molecular weight excluding hydrogens is 279 g/mol. The first-order chi connectivity index (χ1) is 9.25. The molecule has 1 atom stereocenters. The summed E-state index contributed by atoms with van der Waals surface area (Å²) in [6.45, 7) is 0. The molecule has 3 rings (SSSR count). The zero-order chi connectivity index (χ0) is 13.2. The van der Waals surface area contributed by atoms with Crippen LogP contribution in [0.1, 0.15) is 16.5 Å². The standard InChI is InChI=1S/C16H12ClFS/c17-14(9-11-5-1-3-7-15(11)18)13-10-19-16-8-4-2-6-12(13)16/h1-8,10,14H,9H2. The molecule has 0 saturated carbocycles. The van der Waals surface area contributed by atoms with Gasteiger partial charge in [0, 0.05) is 4.70 Å². The molecule has 2 aromatic carbocycles. The molecule has 0 radical (unpaired) electrons. The molecule has 0 nitrogen and oxygen atoms in total. The van der Waals surface area contributed by atoms with Crippen LogP contribution in [0, 0.1) is 5.82 Å². The van der Waals surface area contributed by atoms with Crippen molar-refractivity contribution in [3.8, 4) is 0 Å². The number of benzene rings is 2. The maximum absolute atomic E-state index is 13.6. The van der Waals surface area contributed by atoms with Crippen LogP contribution < -0.4 is 0 Å². The Labute approximate surface area is 120 Å². The highest BCUT2D eigenvalue weighted by molar-refractivity contribution is 7.17. The molecule has 0 bridgehead atoms. The van der Waals surface area contributed by atoms with Gasteiger partial charge in [0.1, 0.15) is 5.82 Å². The lowest BCUT2D eigenvalue weighted by Crippen LogP contribution is -1.97. The van der Waals surface area contributed by atoms with E-state index >= 15 is 0 Å². The van der Waals surface area contributed by atoms with E-state index in [0.717, 1.165) is 5.56 Å². The molecule has 0 spiro atoms. The molecule has 1 heterocycles. The fraction of sp³-hybridized carbons (Fsp3) is 0.125. The summed E-state index contributed by atoms with van der Waals surface area (Å²) in [6, 6.07) is 15.0. The summed E-state index contributed by atoms with van der Waals surface area (Å²) in [5.74, 6) is -0.187. The van der Waals surface area contributed by atoms with Crippen molar-refractivity contribution in [1.82, 2.24) is 0 Å². The van der Waals surface area contributed by atoms with Gasteiger partial charge in [0.05, 0.1) is 5.38 Å². The molecule has 1 unspecified atom stereocenters. The summed E-state index contributed by atoms with van der Waals surface area (Å²) in [7, 11) is 0. The summed E-state index contributed by atoms with van der Waals surface area (Å²) < 4.78 is 14.9. The quantitative estimate of drug-likeness (QED) is 0.554. The van der Waals surface area contributed by atoms with Gasteiger partial charge < -0.3 is 0 Å². The van der Waals surface area contributed by atoms with Gasteiger partial charge in [0.25, 0.3) is 0 Å². The summed E-state index contributed by atoms with van der Waals surface area (Å²) >= 11 is 8.15. The predicted molar refractivity (Wildman–Crippen MR) is 80.5 cm³/mol. The fourth-order valence-electron chi connectivity index (χ4n) is 2.21. The summed E-state index contributed by atoms with van der Waals surface area (Å²) in [5, 5.41) is 3.04. The lowest BCUT2D eigenvalue weighted by Gasteiger charge is -2.09. The highest BCUT2D eigenvalue weighted by Gasteiger charge is 2.15. The normalized spacial score (nSPS) is 12.7. The number of alkyl halides is 1. The second-order valence-electron chi connectivity index (χ2n) is 4.45. The van der Waals surface area contributed by atoms with E-state index in [0.29, 0.717) is 12.0 Å². The van der Waals surface area contributed by atoms with Crippen molar-refractivity contribution in [2.75, 3.05) is 0 Å². The molecule has 3 heteroatoms. The minimum absolute atomic E-state index is 0.187. The first-order valence-corrected chi connectivity index (χ1v) is 7.41. The average molecular weight is 291 g/mol. The first kappa shape index (κ1) is 12.6. The number of halogens is 2. The molecule has 19 heavy (non-hydrogen) atoms. The van der Waals surface area contributed by atoms with E-state index in [2.05, 4.69) is 17.5 Å². The third-order valence-electron chi connectivity index (χ3n) is 3.21. The number of rotatable bonds is 3. The summed E-state index contributed by atoms with van der Waals surface area (Å²) in [5.41, 5.74) is 1.75. The molecule has 1 aromatic heterocycles. The van der Waals surface area contributed by atoms with Crippen LogP contribution in [0.5, 0.6) is 0 Å². The molecule has 0 aliphatic heterocycles. The Morgan fingerprint density at radius 1 is 1.05 bits per heavy atom. The van der Waals surface area contributed by atoms with Crippen LogP contribution in [0.15, 0.2) is 53.9 Å². The van der Waals surface area contributed by atoms with Gasteiger partial charge in [-0.1, -0.05) is 36.4 Å². The van der Waals surface area contributed by atoms with E-state index in [4.69, 9.17) is 11.6 Å². The second-order valence-corrected chi connectivity index (χ2v) is 5.89. The maximum Gasteiger partial charge on any atom is 0.126 e. The molecule has 3 aromatic rings. The third-order valence-corrected chi connectivity index (χ3v) is 4.58. The van der Waals surface area contributed by atoms with Gasteiger partial charge in [0.2, 0.25) is 0 Å². The fourth-order valence-corrected chi connectivity index (χ4v) is 3.64. The van der Waals surface area contributed by atoms with Crippen LogP contribution >= 0.6 is 22.9 Å². The SMILES string of the molecule is Fc1ccccc1CC(Cl)c1csc2ccccc12. The van der Waals surface area contributed by atoms with Crippen molar-refractivity contribution < 1.29 is 4.39 Å². The summed E-state index contributed by atoms with van der Waals surface area (Å²) in [4.78, 5) is 0. The van der Waals surface area contributed by atoms with E-state index in [1.165, 1.54) is 16.2 Å². The molecule has 0 saturated heterocycles. The van der Waals surface area contributed by atoms with E-state index in [1.54, 1.807) is 23.5 Å². The molecule has 0 N–H and O–H groups in total.